The number of anilines is 1. The third-order valence-electron chi connectivity index (χ3n) is 4.30. The minimum absolute atomic E-state index is 0.118. The number of allylic oxidation sites excluding steroid dienone is 1. The van der Waals surface area contributed by atoms with Gasteiger partial charge in [-0.2, -0.15) is 13.2 Å². The van der Waals surface area contributed by atoms with Gasteiger partial charge in [0.05, 0.1) is 17.7 Å². The van der Waals surface area contributed by atoms with Crippen LogP contribution in [0.5, 0.6) is 0 Å². The fraction of sp³-hybridized carbons (Fsp3) is 0.300. The van der Waals surface area contributed by atoms with E-state index in [-0.39, 0.29) is 30.1 Å². The number of nitrogens with zero attached hydrogens (tertiary/aromatic N) is 1. The third kappa shape index (κ3) is 4.49. The van der Waals surface area contributed by atoms with Crippen LogP contribution >= 0.6 is 0 Å². The lowest BCUT2D eigenvalue weighted by molar-refractivity contribution is -0.139. The summed E-state index contributed by atoms with van der Waals surface area (Å²) in [6.45, 7) is 8.76. The molecule has 2 rings (SSSR count). The Bertz CT molecular complexity index is 962. The van der Waals surface area contributed by atoms with Gasteiger partial charge in [-0.3, -0.25) is 4.79 Å². The van der Waals surface area contributed by atoms with Crippen molar-refractivity contribution in [2.24, 2.45) is 0 Å². The van der Waals surface area contributed by atoms with Crippen LogP contribution in [0.2, 0.25) is 0 Å². The van der Waals surface area contributed by atoms with Crippen molar-refractivity contribution in [2.75, 3.05) is 11.9 Å². The molecule has 0 saturated carbocycles. The van der Waals surface area contributed by atoms with Gasteiger partial charge in [0.1, 0.15) is 11.5 Å². The summed E-state index contributed by atoms with van der Waals surface area (Å²) in [5.41, 5.74) is -0.700. The fourth-order valence-electron chi connectivity index (χ4n) is 3.06. The van der Waals surface area contributed by atoms with Crippen LogP contribution in [-0.4, -0.2) is 23.1 Å². The van der Waals surface area contributed by atoms with E-state index < -0.39 is 29.4 Å². The first-order valence-electron chi connectivity index (χ1n) is 8.68. The lowest BCUT2D eigenvalue weighted by atomic mass is 10.1. The summed E-state index contributed by atoms with van der Waals surface area (Å²) in [4.78, 5) is 25.1. The predicted molar refractivity (Wildman–Crippen MR) is 99.4 cm³/mol. The van der Waals surface area contributed by atoms with Crippen molar-refractivity contribution < 1.29 is 31.9 Å². The highest BCUT2D eigenvalue weighted by Gasteiger charge is 2.34. The molecule has 1 aromatic carbocycles. The second-order valence-electron chi connectivity index (χ2n) is 6.20. The topological polar surface area (TPSA) is 60.3 Å². The maximum atomic E-state index is 13.5. The molecule has 1 aromatic heterocycles. The number of ether oxygens (including phenoxy) is 1. The Morgan fingerprint density at radius 3 is 2.48 bits per heavy atom. The van der Waals surface area contributed by atoms with Crippen molar-refractivity contribution in [3.05, 3.63) is 64.7 Å². The van der Waals surface area contributed by atoms with Gasteiger partial charge in [-0.15, -0.1) is 6.58 Å². The molecule has 0 radical (unpaired) electrons. The largest absolute Gasteiger partial charge is 0.461 e. The number of carbonyl (C=O) groups is 2. The van der Waals surface area contributed by atoms with E-state index in [1.807, 2.05) is 0 Å². The van der Waals surface area contributed by atoms with Gasteiger partial charge in [0.15, 0.2) is 0 Å². The zero-order valence-electron chi connectivity index (χ0n) is 16.1. The maximum absolute atomic E-state index is 13.5. The molecule has 0 aliphatic carbocycles. The first-order valence-corrected chi connectivity index (χ1v) is 8.68. The molecule has 2 aromatic rings. The molecule has 1 N–H and O–H groups in total. The van der Waals surface area contributed by atoms with Crippen molar-refractivity contribution in [1.82, 2.24) is 4.57 Å². The lowest BCUT2D eigenvalue weighted by Crippen LogP contribution is -2.16. The Morgan fingerprint density at radius 2 is 1.93 bits per heavy atom. The van der Waals surface area contributed by atoms with Gasteiger partial charge in [-0.25, -0.2) is 9.18 Å². The highest BCUT2D eigenvalue weighted by atomic mass is 19.4. The summed E-state index contributed by atoms with van der Waals surface area (Å²) >= 11 is 0. The molecule has 0 atom stereocenters. The highest BCUT2D eigenvalue weighted by molar-refractivity contribution is 6.08. The van der Waals surface area contributed by atoms with Crippen molar-refractivity contribution >= 4 is 17.6 Å². The number of hydrogen-bond acceptors (Lipinski definition) is 3. The molecule has 0 fully saturated rings. The van der Waals surface area contributed by atoms with Crippen LogP contribution in [0.3, 0.4) is 0 Å². The van der Waals surface area contributed by atoms with Crippen LogP contribution in [0, 0.1) is 19.7 Å². The minimum atomic E-state index is -4.90. The number of rotatable bonds is 6. The normalized spacial score (nSPS) is 11.3. The molecule has 0 saturated heterocycles. The Hall–Kier alpha value is -3.10. The zero-order chi connectivity index (χ0) is 21.9. The Morgan fingerprint density at radius 1 is 1.28 bits per heavy atom. The monoisotopic (exact) mass is 412 g/mol. The van der Waals surface area contributed by atoms with Crippen molar-refractivity contribution in [3.8, 4) is 0 Å². The number of alkyl halides is 3. The Kier molecular flexibility index (Phi) is 6.51. The molecular weight excluding hydrogens is 392 g/mol. The lowest BCUT2D eigenvalue weighted by Gasteiger charge is -2.11. The van der Waals surface area contributed by atoms with Gasteiger partial charge in [-0.1, -0.05) is 6.08 Å². The fourth-order valence-corrected chi connectivity index (χ4v) is 3.06. The van der Waals surface area contributed by atoms with E-state index in [1.165, 1.54) is 6.08 Å². The molecule has 0 spiro atoms. The van der Waals surface area contributed by atoms with Crippen molar-refractivity contribution in [2.45, 2.75) is 33.5 Å². The number of hydrogen-bond donors (Lipinski definition) is 1. The van der Waals surface area contributed by atoms with Crippen LogP contribution in [0.25, 0.3) is 0 Å². The second kappa shape index (κ2) is 8.50. The summed E-state index contributed by atoms with van der Waals surface area (Å²) < 4.78 is 58.7. The molecular formula is C20H20F4N2O3. The highest BCUT2D eigenvalue weighted by Crippen LogP contribution is 2.33. The average Bonchev–Trinajstić information content (AvgIpc) is 2.86. The van der Waals surface area contributed by atoms with E-state index in [0.29, 0.717) is 23.4 Å². The molecule has 29 heavy (non-hydrogen) atoms. The number of nitrogens with one attached hydrogen (secondary N) is 1. The van der Waals surface area contributed by atoms with Crippen LogP contribution in [0.1, 0.15) is 44.6 Å². The SMILES string of the molecule is C=CCn1c(C)c(C(=O)Nc2ccc(F)c(C(F)(F)F)c2)c(C)c1C(=O)OCC. The van der Waals surface area contributed by atoms with Crippen LogP contribution in [0.15, 0.2) is 30.9 Å². The number of carbonyl (C=O) groups excluding carboxylic acids is 2. The molecule has 156 valence electrons. The summed E-state index contributed by atoms with van der Waals surface area (Å²) in [6.07, 6.45) is -3.37. The maximum Gasteiger partial charge on any atom is 0.419 e. The van der Waals surface area contributed by atoms with Crippen molar-refractivity contribution in [1.29, 1.82) is 0 Å². The summed E-state index contributed by atoms with van der Waals surface area (Å²) in [7, 11) is 0. The van der Waals surface area contributed by atoms with E-state index in [2.05, 4.69) is 11.9 Å². The van der Waals surface area contributed by atoms with Crippen molar-refractivity contribution in [3.63, 3.8) is 0 Å². The number of amides is 1. The van der Waals surface area contributed by atoms with E-state index >= 15 is 0 Å². The van der Waals surface area contributed by atoms with E-state index in [1.54, 1.807) is 25.3 Å². The summed E-state index contributed by atoms with van der Waals surface area (Å²) in [6, 6.07) is 2.18. The molecule has 0 aliphatic heterocycles. The molecule has 9 heteroatoms. The smallest absolute Gasteiger partial charge is 0.419 e. The van der Waals surface area contributed by atoms with Crippen LogP contribution < -0.4 is 5.32 Å². The van der Waals surface area contributed by atoms with E-state index in [0.717, 1.165) is 6.07 Å². The molecule has 1 heterocycles. The number of halogens is 4. The first-order chi connectivity index (χ1) is 13.5. The standard InChI is InChI=1S/C20H20F4N2O3/c1-5-9-26-12(4)16(11(3)17(26)19(28)29-6-2)18(27)25-13-7-8-15(21)14(10-13)20(22,23)24/h5,7-8,10H,1,6,9H2,2-4H3,(H,25,27). The van der Waals surface area contributed by atoms with E-state index in [4.69, 9.17) is 4.74 Å². The number of esters is 1. The van der Waals surface area contributed by atoms with Crippen LogP contribution in [-0.2, 0) is 17.5 Å². The average molecular weight is 412 g/mol. The first kappa shape index (κ1) is 22.2. The molecule has 0 bridgehead atoms. The van der Waals surface area contributed by atoms with Gasteiger partial charge in [0.25, 0.3) is 5.91 Å². The van der Waals surface area contributed by atoms with Gasteiger partial charge in [0.2, 0.25) is 0 Å². The molecule has 5 nitrogen and oxygen atoms in total. The van der Waals surface area contributed by atoms with Gasteiger partial charge in [0, 0.05) is 17.9 Å². The molecule has 1 amide bonds. The quantitative estimate of drug-likeness (QED) is 0.418. The summed E-state index contributed by atoms with van der Waals surface area (Å²) in [5.74, 6) is -2.80. The third-order valence-corrected chi connectivity index (χ3v) is 4.30. The number of aromatic nitrogens is 1. The predicted octanol–water partition coefficient (Wildman–Crippen LogP) is 4.88. The van der Waals surface area contributed by atoms with Gasteiger partial charge >= 0.3 is 12.1 Å². The number of benzene rings is 1. The van der Waals surface area contributed by atoms with Gasteiger partial charge < -0.3 is 14.6 Å². The second-order valence-corrected chi connectivity index (χ2v) is 6.20. The van der Waals surface area contributed by atoms with Gasteiger partial charge in [-0.05, 0) is 44.5 Å². The minimum Gasteiger partial charge on any atom is -0.461 e. The zero-order valence-corrected chi connectivity index (χ0v) is 16.1. The Labute approximate surface area is 165 Å². The summed E-state index contributed by atoms with van der Waals surface area (Å²) in [5, 5.41) is 2.34. The van der Waals surface area contributed by atoms with E-state index in [9.17, 15) is 27.2 Å². The molecule has 0 unspecified atom stereocenters. The Balaban J connectivity index is 2.48. The van der Waals surface area contributed by atoms with Crippen LogP contribution in [0.4, 0.5) is 23.2 Å². The molecule has 0 aliphatic rings.